The van der Waals surface area contributed by atoms with Crippen molar-refractivity contribution in [2.24, 2.45) is 0 Å². The van der Waals surface area contributed by atoms with Crippen molar-refractivity contribution in [1.82, 2.24) is 20.2 Å². The molecule has 0 saturated heterocycles. The highest BCUT2D eigenvalue weighted by atomic mass is 15.5. The minimum absolute atomic E-state index is 0.669. The Bertz CT molecular complexity index is 829. The molecule has 0 amide bonds. The van der Waals surface area contributed by atoms with Crippen molar-refractivity contribution in [2.75, 3.05) is 5.32 Å². The highest BCUT2D eigenvalue weighted by Gasteiger charge is 2.07. The topological polar surface area (TPSA) is 79.4 Å². The first-order chi connectivity index (χ1) is 11.3. The molecule has 0 aliphatic carbocycles. The molecule has 0 unspecified atom stereocenters. The summed E-state index contributed by atoms with van der Waals surface area (Å²) < 4.78 is 1.76. The normalized spacial score (nSPS) is 10.3. The summed E-state index contributed by atoms with van der Waals surface area (Å²) in [5.41, 5.74) is 3.76. The molecule has 0 radical (unpaired) electrons. The van der Waals surface area contributed by atoms with Gasteiger partial charge in [-0.2, -0.15) is 5.26 Å². The zero-order valence-electron chi connectivity index (χ0n) is 12.8. The zero-order valence-corrected chi connectivity index (χ0v) is 12.8. The molecule has 114 valence electrons. The SMILES string of the molecule is CCn1nnnc1-c1cccc(NCc2ccc(C#N)cc2)c1. The molecule has 0 aliphatic heterocycles. The van der Waals surface area contributed by atoms with E-state index in [1.165, 1.54) is 0 Å². The second-order valence-electron chi connectivity index (χ2n) is 5.06. The summed E-state index contributed by atoms with van der Waals surface area (Å²) in [5.74, 6) is 0.759. The molecule has 3 aromatic rings. The van der Waals surface area contributed by atoms with E-state index >= 15 is 0 Å². The van der Waals surface area contributed by atoms with Crippen LogP contribution in [0, 0.1) is 11.3 Å². The fourth-order valence-electron chi connectivity index (χ4n) is 2.29. The lowest BCUT2D eigenvalue weighted by atomic mass is 10.1. The van der Waals surface area contributed by atoms with Crippen LogP contribution in [0.4, 0.5) is 5.69 Å². The van der Waals surface area contributed by atoms with E-state index in [9.17, 15) is 0 Å². The van der Waals surface area contributed by atoms with E-state index in [0.29, 0.717) is 12.1 Å². The molecule has 1 aromatic heterocycles. The van der Waals surface area contributed by atoms with Crippen LogP contribution in [0.25, 0.3) is 11.4 Å². The van der Waals surface area contributed by atoms with Crippen molar-refractivity contribution >= 4 is 5.69 Å². The van der Waals surface area contributed by atoms with Crippen molar-refractivity contribution in [3.8, 4) is 17.5 Å². The third-order valence-corrected chi connectivity index (χ3v) is 3.53. The quantitative estimate of drug-likeness (QED) is 0.784. The average Bonchev–Trinajstić information content (AvgIpc) is 3.09. The Balaban J connectivity index is 1.74. The number of nitriles is 1. The Morgan fingerprint density at radius 1 is 1.17 bits per heavy atom. The van der Waals surface area contributed by atoms with E-state index in [-0.39, 0.29) is 0 Å². The second kappa shape index (κ2) is 6.71. The van der Waals surface area contributed by atoms with Gasteiger partial charge >= 0.3 is 0 Å². The van der Waals surface area contributed by atoms with E-state index in [0.717, 1.165) is 29.2 Å². The number of nitrogens with zero attached hydrogens (tertiary/aromatic N) is 5. The fourth-order valence-corrected chi connectivity index (χ4v) is 2.29. The summed E-state index contributed by atoms with van der Waals surface area (Å²) in [5, 5.41) is 24.0. The number of aryl methyl sites for hydroxylation is 1. The highest BCUT2D eigenvalue weighted by molar-refractivity contribution is 5.62. The largest absolute Gasteiger partial charge is 0.381 e. The molecule has 2 aromatic carbocycles. The molecule has 0 atom stereocenters. The van der Waals surface area contributed by atoms with Gasteiger partial charge < -0.3 is 5.32 Å². The average molecular weight is 304 g/mol. The van der Waals surface area contributed by atoms with Crippen LogP contribution < -0.4 is 5.32 Å². The van der Waals surface area contributed by atoms with Crippen molar-refractivity contribution in [3.05, 3.63) is 59.7 Å². The standard InChI is InChI=1S/C17H16N6/c1-2-23-17(20-21-22-23)15-4-3-5-16(10-15)19-12-14-8-6-13(11-18)7-9-14/h3-10,19H,2,12H2,1H3. The number of benzene rings is 2. The van der Waals surface area contributed by atoms with Crippen LogP contribution in [0.2, 0.25) is 0 Å². The number of rotatable bonds is 5. The monoisotopic (exact) mass is 304 g/mol. The van der Waals surface area contributed by atoms with Crippen LogP contribution in [0.5, 0.6) is 0 Å². The van der Waals surface area contributed by atoms with Crippen LogP contribution in [0.1, 0.15) is 18.1 Å². The van der Waals surface area contributed by atoms with Crippen LogP contribution in [0.3, 0.4) is 0 Å². The highest BCUT2D eigenvalue weighted by Crippen LogP contribution is 2.20. The summed E-state index contributed by atoms with van der Waals surface area (Å²) >= 11 is 0. The molecular weight excluding hydrogens is 288 g/mol. The number of hydrogen-bond acceptors (Lipinski definition) is 5. The van der Waals surface area contributed by atoms with Gasteiger partial charge in [0.25, 0.3) is 0 Å². The van der Waals surface area contributed by atoms with E-state index in [1.807, 2.05) is 55.5 Å². The smallest absolute Gasteiger partial charge is 0.182 e. The van der Waals surface area contributed by atoms with E-state index in [2.05, 4.69) is 26.9 Å². The van der Waals surface area contributed by atoms with Crippen molar-refractivity contribution < 1.29 is 0 Å². The lowest BCUT2D eigenvalue weighted by molar-refractivity contribution is 0.631. The molecule has 0 aliphatic rings. The maximum Gasteiger partial charge on any atom is 0.182 e. The maximum absolute atomic E-state index is 8.82. The fraction of sp³-hybridized carbons (Fsp3) is 0.176. The summed E-state index contributed by atoms with van der Waals surface area (Å²) in [6.45, 7) is 3.42. The maximum atomic E-state index is 8.82. The van der Waals surface area contributed by atoms with E-state index in [1.54, 1.807) is 4.68 Å². The van der Waals surface area contributed by atoms with Gasteiger partial charge in [-0.15, -0.1) is 5.10 Å². The number of hydrogen-bond donors (Lipinski definition) is 1. The number of nitrogens with one attached hydrogen (secondary N) is 1. The minimum atomic E-state index is 0.669. The summed E-state index contributed by atoms with van der Waals surface area (Å²) in [7, 11) is 0. The van der Waals surface area contributed by atoms with Crippen LogP contribution in [-0.4, -0.2) is 20.2 Å². The Hall–Kier alpha value is -3.20. The van der Waals surface area contributed by atoms with Crippen LogP contribution in [0.15, 0.2) is 48.5 Å². The molecule has 23 heavy (non-hydrogen) atoms. The predicted octanol–water partition coefficient (Wildman–Crippen LogP) is 2.84. The summed E-state index contributed by atoms with van der Waals surface area (Å²) in [6, 6.07) is 17.7. The van der Waals surface area contributed by atoms with Gasteiger partial charge in [0.1, 0.15) is 0 Å². The first-order valence-corrected chi connectivity index (χ1v) is 7.39. The molecule has 0 spiro atoms. The third kappa shape index (κ3) is 3.35. The van der Waals surface area contributed by atoms with E-state index in [4.69, 9.17) is 5.26 Å². The van der Waals surface area contributed by atoms with Crippen molar-refractivity contribution in [3.63, 3.8) is 0 Å². The Morgan fingerprint density at radius 2 is 2.00 bits per heavy atom. The molecule has 6 heteroatoms. The number of anilines is 1. The third-order valence-electron chi connectivity index (χ3n) is 3.53. The van der Waals surface area contributed by atoms with Gasteiger partial charge in [0.2, 0.25) is 0 Å². The van der Waals surface area contributed by atoms with Crippen molar-refractivity contribution in [2.45, 2.75) is 20.0 Å². The molecular formula is C17H16N6. The molecule has 0 bridgehead atoms. The van der Waals surface area contributed by atoms with Gasteiger partial charge in [-0.05, 0) is 47.2 Å². The lowest BCUT2D eigenvalue weighted by Crippen LogP contribution is -2.02. The Kier molecular flexibility index (Phi) is 4.29. The molecule has 1 heterocycles. The van der Waals surface area contributed by atoms with Crippen molar-refractivity contribution in [1.29, 1.82) is 5.26 Å². The van der Waals surface area contributed by atoms with Gasteiger partial charge in [0.05, 0.1) is 11.6 Å². The van der Waals surface area contributed by atoms with Gasteiger partial charge in [-0.25, -0.2) is 4.68 Å². The van der Waals surface area contributed by atoms with Gasteiger partial charge in [-0.3, -0.25) is 0 Å². The van der Waals surface area contributed by atoms with Gasteiger partial charge in [0, 0.05) is 24.3 Å². The van der Waals surface area contributed by atoms with Crippen LogP contribution in [-0.2, 0) is 13.1 Å². The molecule has 0 saturated carbocycles. The molecule has 3 rings (SSSR count). The Labute approximate surface area is 134 Å². The predicted molar refractivity (Wildman–Crippen MR) is 87.4 cm³/mol. The number of tetrazole rings is 1. The second-order valence-corrected chi connectivity index (χ2v) is 5.06. The molecule has 6 nitrogen and oxygen atoms in total. The van der Waals surface area contributed by atoms with Gasteiger partial charge in [0.15, 0.2) is 5.82 Å². The Morgan fingerprint density at radius 3 is 2.74 bits per heavy atom. The van der Waals surface area contributed by atoms with Gasteiger partial charge in [-0.1, -0.05) is 24.3 Å². The van der Waals surface area contributed by atoms with Crippen LogP contribution >= 0.6 is 0 Å². The number of aromatic nitrogens is 4. The summed E-state index contributed by atoms with van der Waals surface area (Å²) in [4.78, 5) is 0. The first kappa shape index (κ1) is 14.7. The molecule has 0 fully saturated rings. The molecule has 1 N–H and O–H groups in total. The first-order valence-electron chi connectivity index (χ1n) is 7.39. The minimum Gasteiger partial charge on any atom is -0.381 e. The van der Waals surface area contributed by atoms with E-state index < -0.39 is 0 Å². The summed E-state index contributed by atoms with van der Waals surface area (Å²) in [6.07, 6.45) is 0. The zero-order chi connectivity index (χ0) is 16.1. The lowest BCUT2D eigenvalue weighted by Gasteiger charge is -2.08.